The molecular weight excluding hydrogens is 278 g/mol. The minimum absolute atomic E-state index is 0.218. The molecular formula is C13H17N3O3S. The lowest BCUT2D eigenvalue weighted by Crippen LogP contribution is -2.33. The summed E-state index contributed by atoms with van der Waals surface area (Å²) in [7, 11) is -0.222. The molecule has 20 heavy (non-hydrogen) atoms. The zero-order valence-corrected chi connectivity index (χ0v) is 12.2. The molecule has 0 bridgehead atoms. The number of likely N-dealkylation sites (N-methyl/N-ethyl adjacent to an activating group) is 2. The molecule has 1 aromatic heterocycles. The lowest BCUT2D eigenvalue weighted by Gasteiger charge is -2.18. The van der Waals surface area contributed by atoms with E-state index in [4.69, 9.17) is 4.52 Å². The number of nitrogens with zero attached hydrogens (tertiary/aromatic N) is 2. The van der Waals surface area contributed by atoms with Crippen LogP contribution in [0.5, 0.6) is 0 Å². The van der Waals surface area contributed by atoms with Gasteiger partial charge in [0, 0.05) is 31.8 Å². The standard InChI is InChI=1S/C13H17N3O3S/c1-14-9-10-16(2)20(17,18)13-6-4-3-5-11(13)12-7-8-15-19-12/h3-8,14H,9-10H2,1-2H3. The molecule has 2 rings (SSSR count). The highest BCUT2D eigenvalue weighted by Crippen LogP contribution is 2.28. The summed E-state index contributed by atoms with van der Waals surface area (Å²) < 4.78 is 31.6. The van der Waals surface area contributed by atoms with Gasteiger partial charge in [0.25, 0.3) is 0 Å². The van der Waals surface area contributed by atoms with Crippen molar-refractivity contribution in [2.24, 2.45) is 0 Å². The first kappa shape index (κ1) is 14.7. The van der Waals surface area contributed by atoms with E-state index < -0.39 is 10.0 Å². The van der Waals surface area contributed by atoms with Gasteiger partial charge in [-0.05, 0) is 19.2 Å². The summed E-state index contributed by atoms with van der Waals surface area (Å²) in [6.07, 6.45) is 1.49. The molecule has 0 saturated heterocycles. The molecule has 1 N–H and O–H groups in total. The molecule has 0 saturated carbocycles. The van der Waals surface area contributed by atoms with Gasteiger partial charge < -0.3 is 9.84 Å². The molecule has 0 aliphatic heterocycles. The molecule has 0 unspecified atom stereocenters. The number of sulfonamides is 1. The summed E-state index contributed by atoms with van der Waals surface area (Å²) in [4.78, 5) is 0.218. The molecule has 1 heterocycles. The second-order valence-corrected chi connectivity index (χ2v) is 6.32. The van der Waals surface area contributed by atoms with E-state index in [2.05, 4.69) is 10.5 Å². The van der Waals surface area contributed by atoms with Gasteiger partial charge in [-0.1, -0.05) is 17.3 Å². The van der Waals surface area contributed by atoms with E-state index in [0.29, 0.717) is 24.4 Å². The van der Waals surface area contributed by atoms with Gasteiger partial charge in [0.2, 0.25) is 10.0 Å². The summed E-state index contributed by atoms with van der Waals surface area (Å²) in [6, 6.07) is 8.38. The van der Waals surface area contributed by atoms with E-state index in [9.17, 15) is 8.42 Å². The Balaban J connectivity index is 2.42. The molecule has 0 fully saturated rings. The molecule has 0 aliphatic carbocycles. The lowest BCUT2D eigenvalue weighted by molar-refractivity contribution is 0.430. The van der Waals surface area contributed by atoms with Gasteiger partial charge in [-0.2, -0.15) is 4.31 Å². The maximum atomic E-state index is 12.6. The number of hydrogen-bond donors (Lipinski definition) is 1. The van der Waals surface area contributed by atoms with Crippen molar-refractivity contribution in [2.75, 3.05) is 27.2 Å². The van der Waals surface area contributed by atoms with Crippen molar-refractivity contribution in [1.82, 2.24) is 14.8 Å². The SMILES string of the molecule is CNCCN(C)S(=O)(=O)c1ccccc1-c1ccno1. The van der Waals surface area contributed by atoms with Gasteiger partial charge in [0.1, 0.15) is 0 Å². The quantitative estimate of drug-likeness (QED) is 0.866. The fraction of sp³-hybridized carbons (Fsp3) is 0.308. The fourth-order valence-corrected chi connectivity index (χ4v) is 3.17. The molecule has 1 aromatic carbocycles. The molecule has 0 radical (unpaired) electrons. The fourth-order valence-electron chi connectivity index (χ4n) is 1.81. The summed E-state index contributed by atoms with van der Waals surface area (Å²) >= 11 is 0. The van der Waals surface area contributed by atoms with Crippen LogP contribution >= 0.6 is 0 Å². The van der Waals surface area contributed by atoms with Gasteiger partial charge in [-0.25, -0.2) is 8.42 Å². The Kier molecular flexibility index (Phi) is 4.53. The molecule has 108 valence electrons. The Labute approximate surface area is 118 Å². The Morgan fingerprint density at radius 2 is 2.05 bits per heavy atom. The minimum atomic E-state index is -3.56. The summed E-state index contributed by atoms with van der Waals surface area (Å²) in [5, 5.41) is 6.55. The van der Waals surface area contributed by atoms with E-state index in [0.717, 1.165) is 0 Å². The van der Waals surface area contributed by atoms with Crippen LogP contribution in [0.15, 0.2) is 45.9 Å². The second-order valence-electron chi connectivity index (χ2n) is 4.30. The van der Waals surface area contributed by atoms with E-state index >= 15 is 0 Å². The third-order valence-electron chi connectivity index (χ3n) is 2.96. The van der Waals surface area contributed by atoms with Crippen molar-refractivity contribution < 1.29 is 12.9 Å². The minimum Gasteiger partial charge on any atom is -0.356 e. The molecule has 6 nitrogen and oxygen atoms in total. The number of nitrogens with one attached hydrogen (secondary N) is 1. The Bertz CT molecular complexity index is 653. The monoisotopic (exact) mass is 295 g/mol. The molecule has 0 atom stereocenters. The topological polar surface area (TPSA) is 75.4 Å². The van der Waals surface area contributed by atoms with Crippen LogP contribution in [0.3, 0.4) is 0 Å². The largest absolute Gasteiger partial charge is 0.356 e. The van der Waals surface area contributed by atoms with Gasteiger partial charge in [-0.3, -0.25) is 0 Å². The van der Waals surface area contributed by atoms with Crippen molar-refractivity contribution in [3.8, 4) is 11.3 Å². The average Bonchev–Trinajstić information content (AvgIpc) is 2.98. The van der Waals surface area contributed by atoms with Crippen molar-refractivity contribution in [3.63, 3.8) is 0 Å². The van der Waals surface area contributed by atoms with Gasteiger partial charge in [-0.15, -0.1) is 0 Å². The highest BCUT2D eigenvalue weighted by atomic mass is 32.2. The zero-order chi connectivity index (χ0) is 14.6. The van der Waals surface area contributed by atoms with Crippen LogP contribution in [-0.2, 0) is 10.0 Å². The van der Waals surface area contributed by atoms with Gasteiger partial charge >= 0.3 is 0 Å². The number of benzene rings is 1. The Hall–Kier alpha value is -1.70. The number of hydrogen-bond acceptors (Lipinski definition) is 5. The Morgan fingerprint density at radius 3 is 2.70 bits per heavy atom. The molecule has 0 aliphatic rings. The van der Waals surface area contributed by atoms with E-state index in [1.165, 1.54) is 10.5 Å². The molecule has 7 heteroatoms. The second kappa shape index (κ2) is 6.17. The van der Waals surface area contributed by atoms with E-state index in [1.54, 1.807) is 44.4 Å². The molecule has 2 aromatic rings. The van der Waals surface area contributed by atoms with Crippen LogP contribution in [0.25, 0.3) is 11.3 Å². The molecule has 0 spiro atoms. The normalized spacial score (nSPS) is 11.9. The maximum Gasteiger partial charge on any atom is 0.243 e. The van der Waals surface area contributed by atoms with Crippen molar-refractivity contribution in [1.29, 1.82) is 0 Å². The average molecular weight is 295 g/mol. The number of aromatic nitrogens is 1. The van der Waals surface area contributed by atoms with Gasteiger partial charge in [0.05, 0.1) is 11.1 Å². The first-order chi connectivity index (χ1) is 9.57. The van der Waals surface area contributed by atoms with Crippen LogP contribution < -0.4 is 5.32 Å². The third kappa shape index (κ3) is 2.90. The highest BCUT2D eigenvalue weighted by Gasteiger charge is 2.24. The predicted molar refractivity (Wildman–Crippen MR) is 75.7 cm³/mol. The van der Waals surface area contributed by atoms with Crippen LogP contribution in [0, 0.1) is 0 Å². The summed E-state index contributed by atoms with van der Waals surface area (Å²) in [6.45, 7) is 0.976. The highest BCUT2D eigenvalue weighted by molar-refractivity contribution is 7.89. The van der Waals surface area contributed by atoms with Crippen molar-refractivity contribution in [2.45, 2.75) is 4.90 Å². The van der Waals surface area contributed by atoms with E-state index in [-0.39, 0.29) is 4.90 Å². The predicted octanol–water partition coefficient (Wildman–Crippen LogP) is 1.18. The number of rotatable bonds is 6. The summed E-state index contributed by atoms with van der Waals surface area (Å²) in [5.41, 5.74) is 0.515. The lowest BCUT2D eigenvalue weighted by atomic mass is 10.2. The van der Waals surface area contributed by atoms with Crippen LogP contribution in [0.4, 0.5) is 0 Å². The van der Waals surface area contributed by atoms with Crippen molar-refractivity contribution >= 4 is 10.0 Å². The van der Waals surface area contributed by atoms with E-state index in [1.807, 2.05) is 0 Å². The van der Waals surface area contributed by atoms with Crippen LogP contribution in [0.1, 0.15) is 0 Å². The third-order valence-corrected chi connectivity index (χ3v) is 4.87. The Morgan fingerprint density at radius 1 is 1.30 bits per heavy atom. The van der Waals surface area contributed by atoms with Crippen LogP contribution in [-0.4, -0.2) is 45.1 Å². The maximum absolute atomic E-state index is 12.6. The first-order valence-corrected chi connectivity index (χ1v) is 7.62. The molecule has 0 amide bonds. The smallest absolute Gasteiger partial charge is 0.243 e. The van der Waals surface area contributed by atoms with Crippen molar-refractivity contribution in [3.05, 3.63) is 36.5 Å². The van der Waals surface area contributed by atoms with Gasteiger partial charge in [0.15, 0.2) is 5.76 Å². The van der Waals surface area contributed by atoms with Crippen LogP contribution in [0.2, 0.25) is 0 Å². The summed E-state index contributed by atoms with van der Waals surface area (Å²) in [5.74, 6) is 0.436. The zero-order valence-electron chi connectivity index (χ0n) is 11.4. The first-order valence-electron chi connectivity index (χ1n) is 6.18.